The number of rotatable bonds is 9. The molecule has 1 atom stereocenters. The summed E-state index contributed by atoms with van der Waals surface area (Å²) in [5, 5.41) is 3.34. The molecule has 0 saturated carbocycles. The molecular weight excluding hydrogens is 554 g/mol. The van der Waals surface area contributed by atoms with Crippen LogP contribution < -0.4 is 11.1 Å². The number of anilines is 2. The molecule has 214 valence electrons. The molecule has 1 aliphatic carbocycles. The van der Waals surface area contributed by atoms with Gasteiger partial charge < -0.3 is 19.8 Å². The lowest BCUT2D eigenvalue weighted by atomic mass is 10.0. The Morgan fingerprint density at radius 3 is 2.61 bits per heavy atom. The van der Waals surface area contributed by atoms with E-state index in [1.807, 2.05) is 48.8 Å². The minimum absolute atomic E-state index is 0.0466. The number of fused-ring (bicyclic) bond motifs is 1. The van der Waals surface area contributed by atoms with E-state index in [4.69, 9.17) is 36.8 Å². The zero-order valence-corrected chi connectivity index (χ0v) is 25.7. The molecule has 1 unspecified atom stereocenters. The fourth-order valence-electron chi connectivity index (χ4n) is 5.11. The van der Waals surface area contributed by atoms with Gasteiger partial charge in [0.15, 0.2) is 0 Å². The number of carbonyl (C=O) groups is 1. The third-order valence-corrected chi connectivity index (χ3v) is 9.33. The number of nitrogens with zero attached hydrogens (tertiary/aromatic N) is 3. The van der Waals surface area contributed by atoms with E-state index in [1.54, 1.807) is 6.07 Å². The number of aryl methyl sites for hydroxylation is 1. The second kappa shape index (κ2) is 12.1. The first-order chi connectivity index (χ1) is 19.6. The van der Waals surface area contributed by atoms with E-state index in [-0.39, 0.29) is 5.92 Å². The number of nitrogens with one attached hydrogen (secondary N) is 1. The summed E-state index contributed by atoms with van der Waals surface area (Å²) in [6.07, 6.45) is 5.08. The van der Waals surface area contributed by atoms with Crippen molar-refractivity contribution in [1.29, 1.82) is 0 Å². The van der Waals surface area contributed by atoms with Gasteiger partial charge in [-0.05, 0) is 66.4 Å². The zero-order chi connectivity index (χ0) is 29.1. The van der Waals surface area contributed by atoms with Gasteiger partial charge in [0.2, 0.25) is 0 Å². The molecule has 10 heteroatoms. The first-order valence-corrected chi connectivity index (χ1v) is 17.8. The van der Waals surface area contributed by atoms with Crippen molar-refractivity contribution < 1.29 is 14.3 Å². The zero-order valence-electron chi connectivity index (χ0n) is 23.9. The van der Waals surface area contributed by atoms with Gasteiger partial charge in [-0.3, -0.25) is 10.3 Å². The minimum atomic E-state index is -1.23. The van der Waals surface area contributed by atoms with Crippen molar-refractivity contribution in [2.75, 3.05) is 24.8 Å². The normalized spacial score (nSPS) is 14.6. The lowest BCUT2D eigenvalue weighted by Gasteiger charge is -2.19. The highest BCUT2D eigenvalue weighted by Gasteiger charge is 2.31. The average molecular weight is 590 g/mol. The number of aromatic nitrogens is 3. The Bertz CT molecular complexity index is 1550. The second-order valence-corrected chi connectivity index (χ2v) is 17.6. The molecule has 8 nitrogen and oxygen atoms in total. The minimum Gasteiger partial charge on any atom is -0.453 e. The Hall–Kier alpha value is -3.66. The third kappa shape index (κ3) is 6.64. The molecule has 0 bridgehead atoms. The summed E-state index contributed by atoms with van der Waals surface area (Å²) in [4.78, 5) is 21.5. The van der Waals surface area contributed by atoms with Crippen LogP contribution >= 0.6 is 11.6 Å². The second-order valence-electron chi connectivity index (χ2n) is 11.6. The molecular formula is C31H36ClN5O3Si. The maximum atomic E-state index is 11.6. The molecule has 0 spiro atoms. The van der Waals surface area contributed by atoms with Crippen molar-refractivity contribution in [3.63, 3.8) is 0 Å². The van der Waals surface area contributed by atoms with Gasteiger partial charge in [0, 0.05) is 48.4 Å². The summed E-state index contributed by atoms with van der Waals surface area (Å²) in [6.45, 7) is 8.15. The van der Waals surface area contributed by atoms with E-state index in [0.717, 1.165) is 52.8 Å². The average Bonchev–Trinajstić information content (AvgIpc) is 3.55. The number of imidazole rings is 1. The fraction of sp³-hybridized carbons (Fsp3) is 0.323. The SMILES string of the molecule is COC(=O)Nc1ccc(-c2cnc(C3CCc4cc(-c5cc(Cl)ccc5N)cnc43)n2COCC[Si](C)(C)C)cc1. The molecule has 4 aromatic rings. The molecule has 3 N–H and O–H groups in total. The summed E-state index contributed by atoms with van der Waals surface area (Å²) < 4.78 is 13.1. The summed E-state index contributed by atoms with van der Waals surface area (Å²) in [6, 6.07) is 16.4. The first kappa shape index (κ1) is 28.9. The number of pyridine rings is 1. The van der Waals surface area contributed by atoms with E-state index in [2.05, 4.69) is 35.6 Å². The molecule has 5 rings (SSSR count). The van der Waals surface area contributed by atoms with Gasteiger partial charge in [-0.25, -0.2) is 9.78 Å². The van der Waals surface area contributed by atoms with Crippen LogP contribution in [-0.2, 0) is 22.6 Å². The molecule has 0 radical (unpaired) electrons. The van der Waals surface area contributed by atoms with Crippen LogP contribution in [0.15, 0.2) is 60.9 Å². The number of hydrogen-bond donors (Lipinski definition) is 2. The first-order valence-electron chi connectivity index (χ1n) is 13.8. The van der Waals surface area contributed by atoms with Gasteiger partial charge in [-0.1, -0.05) is 43.4 Å². The topological polar surface area (TPSA) is 104 Å². The Morgan fingerprint density at radius 2 is 1.88 bits per heavy atom. The number of hydrogen-bond acceptors (Lipinski definition) is 6. The molecule has 1 amide bonds. The number of carbonyl (C=O) groups excluding carboxylic acids is 1. The van der Waals surface area contributed by atoms with Crippen molar-refractivity contribution in [3.8, 4) is 22.4 Å². The number of amides is 1. The summed E-state index contributed by atoms with van der Waals surface area (Å²) in [5.41, 5.74) is 13.6. The highest BCUT2D eigenvalue weighted by atomic mass is 35.5. The smallest absolute Gasteiger partial charge is 0.411 e. The summed E-state index contributed by atoms with van der Waals surface area (Å²) in [5.74, 6) is 0.983. The highest BCUT2D eigenvalue weighted by Crippen LogP contribution is 2.40. The maximum Gasteiger partial charge on any atom is 0.411 e. The maximum absolute atomic E-state index is 11.6. The van der Waals surface area contributed by atoms with E-state index in [9.17, 15) is 4.79 Å². The van der Waals surface area contributed by atoms with Gasteiger partial charge in [0.1, 0.15) is 12.6 Å². The van der Waals surface area contributed by atoms with Crippen LogP contribution in [0.5, 0.6) is 0 Å². The fourth-order valence-corrected chi connectivity index (χ4v) is 6.04. The van der Waals surface area contributed by atoms with Gasteiger partial charge >= 0.3 is 6.09 Å². The van der Waals surface area contributed by atoms with Crippen molar-refractivity contribution >= 4 is 37.1 Å². The van der Waals surface area contributed by atoms with Crippen molar-refractivity contribution in [3.05, 3.63) is 83.0 Å². The lowest BCUT2D eigenvalue weighted by molar-refractivity contribution is 0.0857. The van der Waals surface area contributed by atoms with Gasteiger partial charge in [-0.2, -0.15) is 0 Å². The van der Waals surface area contributed by atoms with Crippen LogP contribution in [-0.4, -0.2) is 42.4 Å². The van der Waals surface area contributed by atoms with E-state index in [1.165, 1.54) is 12.7 Å². The van der Waals surface area contributed by atoms with Crippen molar-refractivity contribution in [2.45, 2.75) is 51.2 Å². The van der Waals surface area contributed by atoms with Gasteiger partial charge in [0.05, 0.1) is 30.6 Å². The summed E-state index contributed by atoms with van der Waals surface area (Å²) in [7, 11) is 0.113. The third-order valence-electron chi connectivity index (χ3n) is 7.39. The van der Waals surface area contributed by atoms with Crippen molar-refractivity contribution in [1.82, 2.24) is 14.5 Å². The van der Waals surface area contributed by atoms with Crippen LogP contribution in [0.4, 0.5) is 16.2 Å². The number of ether oxygens (including phenoxy) is 2. The molecule has 0 aliphatic heterocycles. The van der Waals surface area contributed by atoms with Crippen LogP contribution in [0, 0.1) is 0 Å². The lowest BCUT2D eigenvalue weighted by Crippen LogP contribution is -2.22. The van der Waals surface area contributed by atoms with Gasteiger partial charge in [-0.15, -0.1) is 0 Å². The molecule has 0 fully saturated rings. The Balaban J connectivity index is 1.46. The van der Waals surface area contributed by atoms with Crippen LogP contribution in [0.25, 0.3) is 22.4 Å². The Morgan fingerprint density at radius 1 is 1.10 bits per heavy atom. The number of nitrogens with two attached hydrogens (primary N) is 1. The summed E-state index contributed by atoms with van der Waals surface area (Å²) >= 11 is 6.25. The number of nitrogen functional groups attached to an aromatic ring is 1. The Kier molecular flexibility index (Phi) is 8.49. The molecule has 1 aliphatic rings. The predicted octanol–water partition coefficient (Wildman–Crippen LogP) is 7.42. The van der Waals surface area contributed by atoms with E-state index >= 15 is 0 Å². The highest BCUT2D eigenvalue weighted by molar-refractivity contribution is 6.76. The number of halogens is 1. The van der Waals surface area contributed by atoms with Crippen LogP contribution in [0.3, 0.4) is 0 Å². The molecule has 2 aromatic carbocycles. The van der Waals surface area contributed by atoms with Gasteiger partial charge in [0.25, 0.3) is 0 Å². The standard InChI is InChI=1S/C31H36ClN5O3Si/c1-39-31(38)36-24-9-5-20(6-10-24)28-18-35-30(37(28)19-40-13-14-41(2,3)4)25-11-7-21-15-22(17-34-29(21)25)26-16-23(32)8-12-27(26)33/h5-6,8-10,12,15-18,25H,7,11,13-14,19,33H2,1-4H3,(H,36,38). The molecule has 0 saturated heterocycles. The van der Waals surface area contributed by atoms with E-state index < -0.39 is 14.2 Å². The molecule has 2 aromatic heterocycles. The van der Waals surface area contributed by atoms with Crippen LogP contribution in [0.1, 0.15) is 29.4 Å². The largest absolute Gasteiger partial charge is 0.453 e. The number of benzene rings is 2. The van der Waals surface area contributed by atoms with Crippen molar-refractivity contribution in [2.24, 2.45) is 0 Å². The molecule has 41 heavy (non-hydrogen) atoms. The quantitative estimate of drug-likeness (QED) is 0.120. The number of methoxy groups -OCH3 is 1. The van der Waals surface area contributed by atoms with Crippen LogP contribution in [0.2, 0.25) is 30.7 Å². The van der Waals surface area contributed by atoms with E-state index in [0.29, 0.717) is 29.7 Å². The Labute approximate surface area is 246 Å². The predicted molar refractivity (Wildman–Crippen MR) is 167 cm³/mol. The monoisotopic (exact) mass is 589 g/mol. The molecule has 2 heterocycles.